The molecule has 2 heterocycles. The number of likely N-dealkylation sites (tertiary alicyclic amines) is 1. The smallest absolute Gasteiger partial charge is 0.263 e. The SMILES string of the molecule is O=S(=O)(Nc1ncns1)c1ccc(CN2CCCC[C@H]2c2ccccc2)c(Cl)c1. The predicted octanol–water partition coefficient (Wildman–Crippen LogP) is 4.72. The van der Waals surface area contributed by atoms with E-state index in [-0.39, 0.29) is 10.0 Å². The molecule has 1 aliphatic heterocycles. The summed E-state index contributed by atoms with van der Waals surface area (Å²) in [5.74, 6) is 0. The van der Waals surface area contributed by atoms with Crippen molar-refractivity contribution in [1.82, 2.24) is 14.3 Å². The maximum absolute atomic E-state index is 12.5. The molecule has 1 aromatic heterocycles. The molecular formula is C20H21ClN4O2S2. The lowest BCUT2D eigenvalue weighted by Gasteiger charge is -2.36. The topological polar surface area (TPSA) is 75.2 Å². The Balaban J connectivity index is 1.53. The number of halogens is 1. The van der Waals surface area contributed by atoms with Crippen LogP contribution in [0.3, 0.4) is 0 Å². The average molecular weight is 449 g/mol. The molecular weight excluding hydrogens is 428 g/mol. The van der Waals surface area contributed by atoms with Gasteiger partial charge in [0.25, 0.3) is 10.0 Å². The van der Waals surface area contributed by atoms with E-state index in [1.54, 1.807) is 12.1 Å². The van der Waals surface area contributed by atoms with E-state index in [4.69, 9.17) is 11.6 Å². The fourth-order valence-corrected chi connectivity index (χ4v) is 5.66. The molecule has 0 saturated carbocycles. The van der Waals surface area contributed by atoms with Gasteiger partial charge in [-0.05, 0) is 42.6 Å². The van der Waals surface area contributed by atoms with Crippen LogP contribution in [0.2, 0.25) is 5.02 Å². The molecule has 29 heavy (non-hydrogen) atoms. The zero-order chi connectivity index (χ0) is 20.3. The van der Waals surface area contributed by atoms with Crippen molar-refractivity contribution in [3.63, 3.8) is 0 Å². The van der Waals surface area contributed by atoms with Gasteiger partial charge in [0.1, 0.15) is 6.33 Å². The summed E-state index contributed by atoms with van der Waals surface area (Å²) in [6.45, 7) is 1.68. The van der Waals surface area contributed by atoms with Gasteiger partial charge in [0.15, 0.2) is 0 Å². The molecule has 9 heteroatoms. The molecule has 0 radical (unpaired) electrons. The van der Waals surface area contributed by atoms with Crippen LogP contribution >= 0.6 is 23.1 Å². The van der Waals surface area contributed by atoms with Crippen molar-refractivity contribution in [1.29, 1.82) is 0 Å². The highest BCUT2D eigenvalue weighted by atomic mass is 35.5. The highest BCUT2D eigenvalue weighted by molar-refractivity contribution is 7.93. The van der Waals surface area contributed by atoms with E-state index in [1.807, 2.05) is 6.07 Å². The lowest BCUT2D eigenvalue weighted by molar-refractivity contribution is 0.140. The quantitative estimate of drug-likeness (QED) is 0.590. The third-order valence-corrected chi connectivity index (χ3v) is 7.49. The van der Waals surface area contributed by atoms with Gasteiger partial charge in [0.05, 0.1) is 4.90 Å². The second kappa shape index (κ2) is 8.79. The van der Waals surface area contributed by atoms with Gasteiger partial charge in [0, 0.05) is 29.1 Å². The first-order chi connectivity index (χ1) is 14.0. The number of nitrogens with zero attached hydrogens (tertiary/aromatic N) is 3. The number of rotatable bonds is 6. The summed E-state index contributed by atoms with van der Waals surface area (Å²) in [6, 6.07) is 15.7. The summed E-state index contributed by atoms with van der Waals surface area (Å²) in [5.41, 5.74) is 2.23. The standard InChI is InChI=1S/C20H21ClN4O2S2/c21-18-12-17(29(26,27)24-20-22-14-23-28-20)10-9-16(18)13-25-11-5-4-8-19(25)15-6-2-1-3-7-15/h1-3,6-7,9-10,12,14,19H,4-5,8,11,13H2,(H,22,23,24)/t19-/m0/s1. The molecule has 2 aromatic carbocycles. The summed E-state index contributed by atoms with van der Waals surface area (Å²) in [7, 11) is -3.75. The van der Waals surface area contributed by atoms with Crippen molar-refractivity contribution in [3.05, 3.63) is 71.0 Å². The summed E-state index contributed by atoms with van der Waals surface area (Å²) in [5, 5.41) is 0.673. The van der Waals surface area contributed by atoms with Crippen LogP contribution in [-0.2, 0) is 16.6 Å². The van der Waals surface area contributed by atoms with E-state index in [0.29, 0.717) is 17.6 Å². The number of piperidine rings is 1. The molecule has 6 nitrogen and oxygen atoms in total. The Kier molecular flexibility index (Phi) is 6.15. The molecule has 0 unspecified atom stereocenters. The van der Waals surface area contributed by atoms with Gasteiger partial charge in [-0.25, -0.2) is 13.4 Å². The van der Waals surface area contributed by atoms with Crippen molar-refractivity contribution in [2.45, 2.75) is 36.7 Å². The van der Waals surface area contributed by atoms with E-state index in [2.05, 4.69) is 43.2 Å². The monoisotopic (exact) mass is 448 g/mol. The van der Waals surface area contributed by atoms with Crippen molar-refractivity contribution in [2.75, 3.05) is 11.3 Å². The second-order valence-electron chi connectivity index (χ2n) is 7.00. The molecule has 152 valence electrons. The Morgan fingerprint density at radius 1 is 1.17 bits per heavy atom. The summed E-state index contributed by atoms with van der Waals surface area (Å²) in [6.07, 6.45) is 4.78. The van der Waals surface area contributed by atoms with E-state index in [9.17, 15) is 8.42 Å². The first kappa shape index (κ1) is 20.3. The molecule has 4 rings (SSSR count). The summed E-state index contributed by atoms with van der Waals surface area (Å²) < 4.78 is 31.3. The number of anilines is 1. The number of hydrogen-bond acceptors (Lipinski definition) is 6. The molecule has 1 atom stereocenters. The van der Waals surface area contributed by atoms with E-state index >= 15 is 0 Å². The zero-order valence-corrected chi connectivity index (χ0v) is 18.1. The molecule has 1 fully saturated rings. The minimum Gasteiger partial charge on any atom is -0.292 e. The van der Waals surface area contributed by atoms with Crippen molar-refractivity contribution in [3.8, 4) is 0 Å². The highest BCUT2D eigenvalue weighted by Gasteiger charge is 2.25. The van der Waals surface area contributed by atoms with Crippen LogP contribution in [0, 0.1) is 0 Å². The molecule has 3 aromatic rings. The first-order valence-corrected chi connectivity index (χ1v) is 12.0. The van der Waals surface area contributed by atoms with Crippen LogP contribution in [0.1, 0.15) is 36.4 Å². The minimum atomic E-state index is -3.75. The molecule has 1 saturated heterocycles. The maximum Gasteiger partial charge on any atom is 0.263 e. The van der Waals surface area contributed by atoms with Gasteiger partial charge in [-0.2, -0.15) is 4.37 Å². The van der Waals surface area contributed by atoms with E-state index < -0.39 is 10.0 Å². The Hall–Kier alpha value is -2.00. The number of sulfonamides is 1. The molecule has 0 amide bonds. The lowest BCUT2D eigenvalue weighted by atomic mass is 9.94. The van der Waals surface area contributed by atoms with E-state index in [0.717, 1.165) is 36.5 Å². The highest BCUT2D eigenvalue weighted by Crippen LogP contribution is 2.33. The lowest BCUT2D eigenvalue weighted by Crippen LogP contribution is -2.33. The van der Waals surface area contributed by atoms with Gasteiger partial charge in [-0.1, -0.05) is 54.4 Å². The largest absolute Gasteiger partial charge is 0.292 e. The van der Waals surface area contributed by atoms with Crippen LogP contribution in [0.25, 0.3) is 0 Å². The van der Waals surface area contributed by atoms with Crippen molar-refractivity contribution in [2.24, 2.45) is 0 Å². The van der Waals surface area contributed by atoms with Gasteiger partial charge in [0.2, 0.25) is 5.13 Å². The van der Waals surface area contributed by atoms with Crippen LogP contribution in [0.5, 0.6) is 0 Å². The Morgan fingerprint density at radius 3 is 2.72 bits per heavy atom. The third kappa shape index (κ3) is 4.78. The maximum atomic E-state index is 12.5. The molecule has 1 aliphatic rings. The third-order valence-electron chi connectivity index (χ3n) is 5.09. The van der Waals surface area contributed by atoms with Crippen molar-refractivity contribution >= 4 is 38.3 Å². The van der Waals surface area contributed by atoms with Crippen molar-refractivity contribution < 1.29 is 8.42 Å². The average Bonchev–Trinajstić information content (AvgIpc) is 3.23. The Bertz CT molecular complexity index is 1060. The molecule has 0 aliphatic carbocycles. The number of hydrogen-bond donors (Lipinski definition) is 1. The van der Waals surface area contributed by atoms with Gasteiger partial charge in [-0.3, -0.25) is 9.62 Å². The number of aromatic nitrogens is 2. The van der Waals surface area contributed by atoms with Gasteiger partial charge < -0.3 is 0 Å². The van der Waals surface area contributed by atoms with Crippen LogP contribution in [-0.4, -0.2) is 29.2 Å². The Morgan fingerprint density at radius 2 is 2.00 bits per heavy atom. The zero-order valence-electron chi connectivity index (χ0n) is 15.7. The number of benzene rings is 2. The Labute approximate surface area is 179 Å². The minimum absolute atomic E-state index is 0.111. The molecule has 0 bridgehead atoms. The number of nitrogens with one attached hydrogen (secondary N) is 1. The molecule has 0 spiro atoms. The molecule has 1 N–H and O–H groups in total. The second-order valence-corrected chi connectivity index (χ2v) is 9.87. The summed E-state index contributed by atoms with van der Waals surface area (Å²) >= 11 is 7.47. The first-order valence-electron chi connectivity index (χ1n) is 9.40. The normalized spacial score (nSPS) is 17.9. The van der Waals surface area contributed by atoms with Gasteiger partial charge >= 0.3 is 0 Å². The van der Waals surface area contributed by atoms with Crippen LogP contribution in [0.15, 0.2) is 59.8 Å². The van der Waals surface area contributed by atoms with Crippen LogP contribution < -0.4 is 4.72 Å². The summed E-state index contributed by atoms with van der Waals surface area (Å²) in [4.78, 5) is 6.39. The van der Waals surface area contributed by atoms with Gasteiger partial charge in [-0.15, -0.1) is 0 Å². The van der Waals surface area contributed by atoms with E-state index in [1.165, 1.54) is 24.4 Å². The van der Waals surface area contributed by atoms with Crippen LogP contribution in [0.4, 0.5) is 5.13 Å². The fraction of sp³-hybridized carbons (Fsp3) is 0.300. The fourth-order valence-electron chi connectivity index (χ4n) is 3.67. The predicted molar refractivity (Wildman–Crippen MR) is 116 cm³/mol.